The van der Waals surface area contributed by atoms with E-state index < -0.39 is 85.4 Å². The summed E-state index contributed by atoms with van der Waals surface area (Å²) in [7, 11) is 0. The lowest BCUT2D eigenvalue weighted by Crippen LogP contribution is -2.29. The third-order valence-electron chi connectivity index (χ3n) is 23.0. The zero-order valence-corrected chi connectivity index (χ0v) is 62.4. The zero-order chi connectivity index (χ0) is 79.3. The van der Waals surface area contributed by atoms with Crippen LogP contribution >= 0.6 is 0 Å². The van der Waals surface area contributed by atoms with E-state index in [2.05, 4.69) is 40.9 Å². The maximum atomic E-state index is 17.5. The molecule has 0 fully saturated rings. The summed E-state index contributed by atoms with van der Waals surface area (Å²) in [6.45, 7) is 16.0. The van der Waals surface area contributed by atoms with Gasteiger partial charge in [0.05, 0.1) is 5.41 Å². The van der Waals surface area contributed by atoms with Crippen LogP contribution in [0.4, 0.5) is 78.0 Å². The number of fused-ring (bicyclic) bond motifs is 7. The van der Waals surface area contributed by atoms with Crippen molar-refractivity contribution in [3.05, 3.63) is 428 Å². The Balaban J connectivity index is 0.833. The van der Waals surface area contributed by atoms with Gasteiger partial charge in [-0.3, -0.25) is 0 Å². The molecule has 0 aromatic heterocycles. The van der Waals surface area contributed by atoms with Crippen molar-refractivity contribution in [2.75, 3.05) is 9.80 Å². The Morgan fingerprint density at radius 1 is 0.325 bits per heavy atom. The minimum atomic E-state index is -1.68. The van der Waals surface area contributed by atoms with Crippen LogP contribution in [0.25, 0.3) is 34.4 Å². The van der Waals surface area contributed by atoms with E-state index in [-0.39, 0.29) is 47.1 Å². The Morgan fingerprint density at radius 3 is 1.15 bits per heavy atom. The maximum Gasteiger partial charge on any atom is 0.186 e. The normalized spacial score (nSPS) is 15.9. The van der Waals surface area contributed by atoms with E-state index >= 15 is 39.5 Å². The number of rotatable bonds is 19. The molecule has 2 atom stereocenters. The first-order valence-corrected chi connectivity index (χ1v) is 37.5. The summed E-state index contributed by atoms with van der Waals surface area (Å²) in [5, 5.41) is 0. The number of benzene rings is 14. The molecule has 114 heavy (non-hydrogen) atoms. The van der Waals surface area contributed by atoms with Crippen molar-refractivity contribution in [2.24, 2.45) is 0 Å². The lowest BCUT2D eigenvalue weighted by Gasteiger charge is -2.35. The molecule has 0 N–H and O–H groups in total. The number of hydrogen-bond donors (Lipinski definition) is 0. The van der Waals surface area contributed by atoms with Crippen LogP contribution in [-0.2, 0) is 34.5 Å². The first-order chi connectivity index (χ1) is 54.9. The quantitative estimate of drug-likeness (QED) is 0.0595. The smallest absolute Gasteiger partial charge is 0.186 e. The van der Waals surface area contributed by atoms with E-state index in [1.54, 1.807) is 91.0 Å². The predicted molar refractivity (Wildman–Crippen MR) is 432 cm³/mol. The molecule has 0 radical (unpaired) electrons. The van der Waals surface area contributed by atoms with Crippen molar-refractivity contribution in [3.63, 3.8) is 0 Å². The summed E-state index contributed by atoms with van der Waals surface area (Å²) in [6.07, 6.45) is 4.85. The highest BCUT2D eigenvalue weighted by atomic mass is 19.2. The summed E-state index contributed by atoms with van der Waals surface area (Å²) >= 11 is 0. The van der Waals surface area contributed by atoms with Crippen LogP contribution in [0.1, 0.15) is 118 Å². The Bertz CT molecular complexity index is 6110. The molecule has 0 amide bonds. The minimum Gasteiger partial charge on any atom is -0.457 e. The van der Waals surface area contributed by atoms with E-state index in [1.165, 1.54) is 34.1 Å². The van der Waals surface area contributed by atoms with Crippen LogP contribution in [0.5, 0.6) is 23.0 Å². The summed E-state index contributed by atoms with van der Waals surface area (Å²) < 4.78 is 177. The standard InChI is InChI=1S/C100H72F10N2O2/c1-7-59-19-37-73(38-20-59)113-75-41-23-62(24-42-75)50-64-51-69(33-45-78(64)77-14-10-9-13-63(77)49-61-17-29-67(101)30-18-61)111(95-91(107)87(103)55-88(104)92(95)108)71-35-47-82-85(53-71)99(57-97(82,3)4)58-98(5,6)83-48-36-72(54-86(83)99)112(96-93(109)89(105)56-90(106)94(96)110)70-34-46-80-79-15-11-12-16-81(79)100(84(80)52-70,65-25-31-68(102)32-26-65)66-27-43-76(44-28-66)114-74-39-21-60(8-2)22-40-74/h7-48,51-56H,1-2,49-50,57-58H2,3-6H3. The second-order valence-corrected chi connectivity index (χ2v) is 30.9. The lowest BCUT2D eigenvalue weighted by molar-refractivity contribution is 0.349. The predicted octanol–water partition coefficient (Wildman–Crippen LogP) is 27.7. The molecule has 0 heterocycles. The molecule has 0 aliphatic heterocycles. The number of halogens is 10. The molecule has 4 nitrogen and oxygen atoms in total. The molecule has 14 heteroatoms. The average molecular weight is 1520 g/mol. The summed E-state index contributed by atoms with van der Waals surface area (Å²) in [4.78, 5) is 2.37. The fourth-order valence-corrected chi connectivity index (χ4v) is 18.0. The van der Waals surface area contributed by atoms with Crippen molar-refractivity contribution < 1.29 is 53.4 Å². The van der Waals surface area contributed by atoms with Crippen LogP contribution in [-0.4, -0.2) is 0 Å². The highest BCUT2D eigenvalue weighted by molar-refractivity contribution is 5.91. The van der Waals surface area contributed by atoms with Crippen molar-refractivity contribution in [1.82, 2.24) is 0 Å². The third-order valence-corrected chi connectivity index (χ3v) is 23.0. The van der Waals surface area contributed by atoms with Gasteiger partial charge in [0.1, 0.15) is 46.0 Å². The van der Waals surface area contributed by atoms with Gasteiger partial charge in [0.2, 0.25) is 0 Å². The van der Waals surface area contributed by atoms with Gasteiger partial charge >= 0.3 is 0 Å². The molecular formula is C100H72F10N2O2. The van der Waals surface area contributed by atoms with Gasteiger partial charge in [-0.1, -0.05) is 199 Å². The molecule has 14 aromatic rings. The lowest BCUT2D eigenvalue weighted by atomic mass is 9.67. The molecule has 1 spiro atoms. The highest BCUT2D eigenvalue weighted by Gasteiger charge is 2.57. The van der Waals surface area contributed by atoms with E-state index in [0.717, 1.165) is 61.2 Å². The van der Waals surface area contributed by atoms with Crippen molar-refractivity contribution in [2.45, 2.75) is 75.0 Å². The van der Waals surface area contributed by atoms with Crippen molar-refractivity contribution in [1.29, 1.82) is 0 Å². The molecule has 564 valence electrons. The summed E-state index contributed by atoms with van der Waals surface area (Å²) in [5.41, 5.74) is 8.20. The van der Waals surface area contributed by atoms with Gasteiger partial charge in [0.15, 0.2) is 46.5 Å². The fourth-order valence-electron chi connectivity index (χ4n) is 18.0. The molecule has 3 aliphatic rings. The number of hydrogen-bond acceptors (Lipinski definition) is 4. The highest BCUT2D eigenvalue weighted by Crippen LogP contribution is 2.65. The fraction of sp³-hybridized carbons (Fsp3) is 0.120. The largest absolute Gasteiger partial charge is 0.457 e. The van der Waals surface area contributed by atoms with Crippen LogP contribution in [0.2, 0.25) is 0 Å². The Labute approximate surface area is 654 Å². The van der Waals surface area contributed by atoms with Gasteiger partial charge in [-0.25, -0.2) is 43.9 Å². The average Bonchev–Trinajstić information content (AvgIpc) is 1.52. The number of nitrogens with zero attached hydrogens (tertiary/aromatic N) is 2. The molecule has 0 saturated carbocycles. The SMILES string of the molecule is C=Cc1ccc(Oc2ccc(Cc3cc(N(c4ccc5c(c4)C4(CC5(C)C)CC(C)(C)c5ccc(N(c6ccc7c(c6)C(c6ccc(F)cc6)(c6ccc(Oc8ccc(C=C)cc8)cc6)c6ccccc6-7)c6c(F)c(F)cc(F)c6F)cc54)c4c(F)c(F)cc(F)c4F)ccc3-c3ccccc3Cc3ccc(F)cc3)cc2)cc1. The Hall–Kier alpha value is -12.9. The maximum absolute atomic E-state index is 17.5. The molecule has 0 bridgehead atoms. The van der Waals surface area contributed by atoms with Crippen LogP contribution in [0.3, 0.4) is 0 Å². The second kappa shape index (κ2) is 28.7. The van der Waals surface area contributed by atoms with Crippen LogP contribution < -0.4 is 19.3 Å². The summed E-state index contributed by atoms with van der Waals surface area (Å²) in [5.74, 6) is -12.0. The van der Waals surface area contributed by atoms with Gasteiger partial charge < -0.3 is 19.3 Å². The molecular weight excluding hydrogens is 1450 g/mol. The monoisotopic (exact) mass is 1520 g/mol. The topological polar surface area (TPSA) is 24.9 Å². The summed E-state index contributed by atoms with van der Waals surface area (Å²) in [6, 6.07) is 78.9. The number of ether oxygens (including phenoxy) is 2. The van der Waals surface area contributed by atoms with Crippen molar-refractivity contribution >= 4 is 46.3 Å². The van der Waals surface area contributed by atoms with E-state index in [9.17, 15) is 4.39 Å². The molecule has 0 saturated heterocycles. The van der Waals surface area contributed by atoms with Gasteiger partial charge in [-0.2, -0.15) is 0 Å². The van der Waals surface area contributed by atoms with E-state index in [4.69, 9.17) is 9.47 Å². The molecule has 14 aromatic carbocycles. The Kier molecular flexibility index (Phi) is 18.6. The van der Waals surface area contributed by atoms with Gasteiger partial charge in [0.25, 0.3) is 0 Å². The third kappa shape index (κ3) is 12.8. The first-order valence-electron chi connectivity index (χ1n) is 37.5. The van der Waals surface area contributed by atoms with Gasteiger partial charge in [0, 0.05) is 40.3 Å². The Morgan fingerprint density at radius 2 is 0.675 bits per heavy atom. The molecule has 2 unspecified atom stereocenters. The second-order valence-electron chi connectivity index (χ2n) is 30.9. The number of anilines is 6. The van der Waals surface area contributed by atoms with Gasteiger partial charge in [-0.05, 0) is 258 Å². The molecule has 17 rings (SSSR count). The van der Waals surface area contributed by atoms with E-state index in [1.807, 2.05) is 164 Å². The van der Waals surface area contributed by atoms with E-state index in [0.29, 0.717) is 81.2 Å². The molecule has 3 aliphatic carbocycles. The van der Waals surface area contributed by atoms with Gasteiger partial charge in [-0.15, -0.1) is 0 Å². The van der Waals surface area contributed by atoms with Crippen LogP contribution in [0, 0.1) is 58.2 Å². The minimum absolute atomic E-state index is 0.0834. The zero-order valence-electron chi connectivity index (χ0n) is 62.4. The van der Waals surface area contributed by atoms with Crippen molar-refractivity contribution in [3.8, 4) is 45.3 Å². The first kappa shape index (κ1) is 73.8. The van der Waals surface area contributed by atoms with Crippen LogP contribution in [0.15, 0.2) is 292 Å².